The van der Waals surface area contributed by atoms with Crippen molar-refractivity contribution in [3.63, 3.8) is 0 Å². The van der Waals surface area contributed by atoms with Gasteiger partial charge < -0.3 is 19.7 Å². The number of carbonyl (C=O) groups excluding carboxylic acids is 1. The van der Waals surface area contributed by atoms with Crippen LogP contribution >= 0.6 is 0 Å². The monoisotopic (exact) mass is 389 g/mol. The zero-order valence-electron chi connectivity index (χ0n) is 17.7. The van der Waals surface area contributed by atoms with E-state index in [0.29, 0.717) is 30.7 Å². The number of benzene rings is 1. The van der Waals surface area contributed by atoms with Crippen LogP contribution in [0.2, 0.25) is 0 Å². The van der Waals surface area contributed by atoms with Crippen molar-refractivity contribution in [2.75, 3.05) is 49.6 Å². The summed E-state index contributed by atoms with van der Waals surface area (Å²) in [6.45, 7) is 16.9. The molecule has 1 aromatic carbocycles. The number of carbonyl (C=O) groups is 1. The molecule has 1 amide bonds. The third kappa shape index (κ3) is 6.24. The van der Waals surface area contributed by atoms with Gasteiger partial charge in [0.2, 0.25) is 0 Å². The standard InChI is InChI=1S/C22H35N3O3/c1-6-8-15-28-18(5)22(26)23-20-10-9-19(16-21(20)27-7-2)25-13-11-24(12-14-25)17(3)4/h6,9-10,16-18H,1,7-8,11-15H2,2-5H3,(H,23,26). The summed E-state index contributed by atoms with van der Waals surface area (Å²) < 4.78 is 11.3. The van der Waals surface area contributed by atoms with Crippen molar-refractivity contribution < 1.29 is 14.3 Å². The van der Waals surface area contributed by atoms with Crippen LogP contribution in [-0.4, -0.2) is 62.3 Å². The Morgan fingerprint density at radius 3 is 2.57 bits per heavy atom. The summed E-state index contributed by atoms with van der Waals surface area (Å²) in [5.41, 5.74) is 1.80. The van der Waals surface area contributed by atoms with Crippen LogP contribution in [0.4, 0.5) is 11.4 Å². The summed E-state index contributed by atoms with van der Waals surface area (Å²) in [5, 5.41) is 2.93. The molecule has 0 aromatic heterocycles. The lowest BCUT2D eigenvalue weighted by Crippen LogP contribution is -2.48. The Balaban J connectivity index is 2.04. The van der Waals surface area contributed by atoms with Gasteiger partial charge in [-0.05, 0) is 46.2 Å². The van der Waals surface area contributed by atoms with Crippen molar-refractivity contribution in [3.8, 4) is 5.75 Å². The van der Waals surface area contributed by atoms with E-state index in [1.54, 1.807) is 13.0 Å². The quantitative estimate of drug-likeness (QED) is 0.490. The maximum absolute atomic E-state index is 12.4. The Kier molecular flexibility index (Phi) is 8.80. The van der Waals surface area contributed by atoms with Gasteiger partial charge in [-0.1, -0.05) is 6.08 Å². The third-order valence-electron chi connectivity index (χ3n) is 4.99. The van der Waals surface area contributed by atoms with E-state index in [2.05, 4.69) is 35.5 Å². The van der Waals surface area contributed by atoms with E-state index in [-0.39, 0.29) is 5.91 Å². The topological polar surface area (TPSA) is 54.0 Å². The van der Waals surface area contributed by atoms with Crippen molar-refractivity contribution in [2.45, 2.75) is 46.3 Å². The molecule has 1 aliphatic heterocycles. The molecule has 1 saturated heterocycles. The predicted molar refractivity (Wildman–Crippen MR) is 115 cm³/mol. The third-order valence-corrected chi connectivity index (χ3v) is 4.99. The summed E-state index contributed by atoms with van der Waals surface area (Å²) >= 11 is 0. The van der Waals surface area contributed by atoms with Crippen LogP contribution in [0.3, 0.4) is 0 Å². The van der Waals surface area contributed by atoms with E-state index < -0.39 is 6.10 Å². The van der Waals surface area contributed by atoms with Crippen LogP contribution in [0.1, 0.15) is 34.1 Å². The maximum atomic E-state index is 12.4. The zero-order valence-corrected chi connectivity index (χ0v) is 17.7. The number of piperazine rings is 1. The fraction of sp³-hybridized carbons (Fsp3) is 0.591. The van der Waals surface area contributed by atoms with Gasteiger partial charge in [-0.25, -0.2) is 0 Å². The fourth-order valence-electron chi connectivity index (χ4n) is 3.22. The van der Waals surface area contributed by atoms with Crippen LogP contribution in [0, 0.1) is 0 Å². The lowest BCUT2D eigenvalue weighted by Gasteiger charge is -2.38. The molecule has 1 N–H and O–H groups in total. The first kappa shape index (κ1) is 22.2. The number of ether oxygens (including phenoxy) is 2. The number of hydrogen-bond acceptors (Lipinski definition) is 5. The van der Waals surface area contributed by atoms with E-state index in [4.69, 9.17) is 9.47 Å². The van der Waals surface area contributed by atoms with Crippen molar-refractivity contribution in [1.29, 1.82) is 0 Å². The Bertz CT molecular complexity index is 640. The van der Waals surface area contributed by atoms with E-state index >= 15 is 0 Å². The number of nitrogens with zero attached hydrogens (tertiary/aromatic N) is 2. The van der Waals surface area contributed by atoms with Gasteiger partial charge in [0.1, 0.15) is 11.9 Å². The number of nitrogens with one attached hydrogen (secondary N) is 1. The Morgan fingerprint density at radius 1 is 1.25 bits per heavy atom. The van der Waals surface area contributed by atoms with Crippen LogP contribution < -0.4 is 15.0 Å². The van der Waals surface area contributed by atoms with Gasteiger partial charge in [-0.3, -0.25) is 9.69 Å². The van der Waals surface area contributed by atoms with Gasteiger partial charge in [0, 0.05) is 44.0 Å². The molecule has 0 radical (unpaired) electrons. The molecule has 1 heterocycles. The minimum Gasteiger partial charge on any atom is -0.492 e. The Morgan fingerprint density at radius 2 is 1.96 bits per heavy atom. The average Bonchev–Trinajstić information content (AvgIpc) is 2.69. The molecule has 1 atom stereocenters. The van der Waals surface area contributed by atoms with Gasteiger partial charge >= 0.3 is 0 Å². The highest BCUT2D eigenvalue weighted by Crippen LogP contribution is 2.31. The smallest absolute Gasteiger partial charge is 0.253 e. The zero-order chi connectivity index (χ0) is 20.5. The molecule has 2 rings (SSSR count). The largest absolute Gasteiger partial charge is 0.492 e. The highest BCUT2D eigenvalue weighted by molar-refractivity contribution is 5.95. The lowest BCUT2D eigenvalue weighted by atomic mass is 10.2. The van der Waals surface area contributed by atoms with Gasteiger partial charge in [-0.2, -0.15) is 0 Å². The van der Waals surface area contributed by atoms with Crippen molar-refractivity contribution in [1.82, 2.24) is 4.90 Å². The van der Waals surface area contributed by atoms with Crippen LogP contribution in [0.15, 0.2) is 30.9 Å². The Hall–Kier alpha value is -2.05. The molecule has 1 unspecified atom stereocenters. The molecule has 28 heavy (non-hydrogen) atoms. The second kappa shape index (κ2) is 11.1. The second-order valence-electron chi connectivity index (χ2n) is 7.31. The summed E-state index contributed by atoms with van der Waals surface area (Å²) in [5.74, 6) is 0.515. The van der Waals surface area contributed by atoms with Crippen molar-refractivity contribution >= 4 is 17.3 Å². The predicted octanol–water partition coefficient (Wildman–Crippen LogP) is 3.54. The molecule has 0 aliphatic carbocycles. The first-order valence-corrected chi connectivity index (χ1v) is 10.3. The summed E-state index contributed by atoms with van der Waals surface area (Å²) in [4.78, 5) is 17.3. The second-order valence-corrected chi connectivity index (χ2v) is 7.31. The molecule has 1 fully saturated rings. The number of hydrogen-bond donors (Lipinski definition) is 1. The van der Waals surface area contributed by atoms with E-state index in [0.717, 1.165) is 38.3 Å². The first-order valence-electron chi connectivity index (χ1n) is 10.3. The summed E-state index contributed by atoms with van der Waals surface area (Å²) in [7, 11) is 0. The molecule has 1 aromatic rings. The molecular formula is C22H35N3O3. The first-order chi connectivity index (χ1) is 13.5. The number of anilines is 2. The maximum Gasteiger partial charge on any atom is 0.253 e. The van der Waals surface area contributed by atoms with Crippen LogP contribution in [0.5, 0.6) is 5.75 Å². The van der Waals surface area contributed by atoms with E-state index in [1.165, 1.54) is 0 Å². The van der Waals surface area contributed by atoms with Crippen molar-refractivity contribution in [3.05, 3.63) is 30.9 Å². The van der Waals surface area contributed by atoms with E-state index in [9.17, 15) is 4.79 Å². The molecule has 0 spiro atoms. The fourth-order valence-corrected chi connectivity index (χ4v) is 3.22. The van der Waals surface area contributed by atoms with Gasteiger partial charge in [0.15, 0.2) is 0 Å². The van der Waals surface area contributed by atoms with E-state index in [1.807, 2.05) is 25.1 Å². The van der Waals surface area contributed by atoms with Gasteiger partial charge in [0.05, 0.1) is 18.9 Å². The molecule has 0 bridgehead atoms. The highest BCUT2D eigenvalue weighted by atomic mass is 16.5. The molecular weight excluding hydrogens is 354 g/mol. The van der Waals surface area contributed by atoms with Gasteiger partial charge in [-0.15, -0.1) is 6.58 Å². The van der Waals surface area contributed by atoms with Crippen molar-refractivity contribution in [2.24, 2.45) is 0 Å². The Labute approximate surface area is 169 Å². The van der Waals surface area contributed by atoms with Crippen LogP contribution in [-0.2, 0) is 9.53 Å². The molecule has 1 aliphatic rings. The minimum atomic E-state index is -0.529. The highest BCUT2D eigenvalue weighted by Gasteiger charge is 2.21. The molecule has 0 saturated carbocycles. The molecule has 6 nitrogen and oxygen atoms in total. The summed E-state index contributed by atoms with van der Waals surface area (Å²) in [6.07, 6.45) is 1.97. The normalized spacial score (nSPS) is 16.1. The SMILES string of the molecule is C=CCCOC(C)C(=O)Nc1ccc(N2CCN(C(C)C)CC2)cc1OCC. The molecule has 6 heteroatoms. The minimum absolute atomic E-state index is 0.177. The summed E-state index contributed by atoms with van der Waals surface area (Å²) in [6, 6.07) is 6.57. The van der Waals surface area contributed by atoms with Crippen LogP contribution in [0.25, 0.3) is 0 Å². The lowest BCUT2D eigenvalue weighted by molar-refractivity contribution is -0.126. The number of rotatable bonds is 10. The average molecular weight is 390 g/mol. The molecule has 156 valence electrons. The number of amides is 1. The van der Waals surface area contributed by atoms with Gasteiger partial charge in [0.25, 0.3) is 5.91 Å².